The van der Waals surface area contributed by atoms with Crippen LogP contribution in [0.5, 0.6) is 0 Å². The molecule has 0 aromatic heterocycles. The SMILES string of the molecule is N#Cc1cc2c(cc1NC(=O)C=Cc1ccccc1)C(=O)c1ccccc1C2=O. The van der Waals surface area contributed by atoms with E-state index in [0.29, 0.717) is 11.1 Å². The third-order valence-electron chi connectivity index (χ3n) is 4.67. The zero-order valence-electron chi connectivity index (χ0n) is 15.2. The highest BCUT2D eigenvalue weighted by atomic mass is 16.1. The number of ketones is 2. The van der Waals surface area contributed by atoms with E-state index in [1.165, 1.54) is 18.2 Å². The molecular formula is C24H14N2O3. The quantitative estimate of drug-likeness (QED) is 0.546. The molecule has 0 atom stereocenters. The Hall–Kier alpha value is -4.30. The van der Waals surface area contributed by atoms with E-state index >= 15 is 0 Å². The van der Waals surface area contributed by atoms with Crippen molar-refractivity contribution in [2.75, 3.05) is 5.32 Å². The van der Waals surface area contributed by atoms with Gasteiger partial charge in [-0.3, -0.25) is 14.4 Å². The maximum atomic E-state index is 12.8. The minimum absolute atomic E-state index is 0.116. The lowest BCUT2D eigenvalue weighted by atomic mass is 9.83. The maximum Gasteiger partial charge on any atom is 0.248 e. The Kier molecular flexibility index (Phi) is 4.60. The van der Waals surface area contributed by atoms with Crippen LogP contribution in [-0.2, 0) is 4.79 Å². The number of nitrogens with one attached hydrogen (secondary N) is 1. The number of rotatable bonds is 3. The molecule has 0 saturated heterocycles. The van der Waals surface area contributed by atoms with Crippen molar-refractivity contribution in [2.45, 2.75) is 0 Å². The van der Waals surface area contributed by atoms with E-state index in [-0.39, 0.29) is 33.9 Å². The summed E-state index contributed by atoms with van der Waals surface area (Å²) >= 11 is 0. The van der Waals surface area contributed by atoms with Crippen LogP contribution < -0.4 is 5.32 Å². The van der Waals surface area contributed by atoms with Crippen molar-refractivity contribution in [3.8, 4) is 6.07 Å². The number of nitriles is 1. The topological polar surface area (TPSA) is 87.0 Å². The van der Waals surface area contributed by atoms with Crippen LogP contribution in [0.4, 0.5) is 5.69 Å². The van der Waals surface area contributed by atoms with Gasteiger partial charge in [-0.05, 0) is 23.8 Å². The number of hydrogen-bond donors (Lipinski definition) is 1. The minimum Gasteiger partial charge on any atom is -0.321 e. The Bertz CT molecular complexity index is 1230. The van der Waals surface area contributed by atoms with Crippen LogP contribution in [0.3, 0.4) is 0 Å². The molecule has 0 spiro atoms. The largest absolute Gasteiger partial charge is 0.321 e. The number of carbonyl (C=O) groups is 3. The van der Waals surface area contributed by atoms with Gasteiger partial charge in [-0.25, -0.2) is 0 Å². The Morgan fingerprint density at radius 3 is 2.03 bits per heavy atom. The van der Waals surface area contributed by atoms with E-state index in [2.05, 4.69) is 5.32 Å². The van der Waals surface area contributed by atoms with Crippen LogP contribution in [0.25, 0.3) is 6.08 Å². The summed E-state index contributed by atoms with van der Waals surface area (Å²) in [5, 5.41) is 12.1. The lowest BCUT2D eigenvalue weighted by Crippen LogP contribution is -2.22. The summed E-state index contributed by atoms with van der Waals surface area (Å²) in [5.74, 6) is -1.07. The fourth-order valence-electron chi connectivity index (χ4n) is 3.25. The lowest BCUT2D eigenvalue weighted by Gasteiger charge is -2.19. The van der Waals surface area contributed by atoms with Gasteiger partial charge in [0, 0.05) is 28.3 Å². The van der Waals surface area contributed by atoms with Gasteiger partial charge in [0.05, 0.1) is 11.3 Å². The molecule has 5 nitrogen and oxygen atoms in total. The molecule has 0 aliphatic heterocycles. The fourth-order valence-corrected chi connectivity index (χ4v) is 3.25. The summed E-state index contributed by atoms with van der Waals surface area (Å²) < 4.78 is 0. The van der Waals surface area contributed by atoms with Gasteiger partial charge in [0.15, 0.2) is 11.6 Å². The highest BCUT2D eigenvalue weighted by molar-refractivity contribution is 6.29. The van der Waals surface area contributed by atoms with Gasteiger partial charge in [-0.15, -0.1) is 0 Å². The van der Waals surface area contributed by atoms with E-state index in [1.807, 2.05) is 36.4 Å². The number of hydrogen-bond acceptors (Lipinski definition) is 4. The third-order valence-corrected chi connectivity index (χ3v) is 4.67. The molecule has 29 heavy (non-hydrogen) atoms. The predicted octanol–water partition coefficient (Wildman–Crippen LogP) is 3.99. The maximum absolute atomic E-state index is 12.8. The van der Waals surface area contributed by atoms with E-state index in [1.54, 1.807) is 30.3 Å². The zero-order chi connectivity index (χ0) is 20.4. The molecule has 0 fully saturated rings. The first-order valence-corrected chi connectivity index (χ1v) is 8.89. The molecular weight excluding hydrogens is 364 g/mol. The molecule has 1 N–H and O–H groups in total. The second kappa shape index (κ2) is 7.37. The molecule has 3 aromatic rings. The number of carbonyl (C=O) groups excluding carboxylic acids is 3. The monoisotopic (exact) mass is 378 g/mol. The van der Waals surface area contributed by atoms with Crippen molar-refractivity contribution in [3.63, 3.8) is 0 Å². The Morgan fingerprint density at radius 1 is 0.828 bits per heavy atom. The molecule has 0 radical (unpaired) electrons. The number of amides is 1. The molecule has 4 rings (SSSR count). The summed E-state index contributed by atoms with van der Waals surface area (Å²) in [6.07, 6.45) is 2.99. The number of nitrogens with zero attached hydrogens (tertiary/aromatic N) is 1. The van der Waals surface area contributed by atoms with Crippen molar-refractivity contribution in [2.24, 2.45) is 0 Å². The van der Waals surface area contributed by atoms with Gasteiger partial charge in [0.1, 0.15) is 6.07 Å². The van der Waals surface area contributed by atoms with Crippen LogP contribution in [0.2, 0.25) is 0 Å². The standard InChI is InChI=1S/C24H14N2O3/c25-14-16-12-19-20(24(29)18-9-5-4-8-17(18)23(19)28)13-21(16)26-22(27)11-10-15-6-2-1-3-7-15/h1-13H,(H,26,27). The first-order chi connectivity index (χ1) is 14.1. The molecule has 0 unspecified atom stereocenters. The van der Waals surface area contributed by atoms with Crippen LogP contribution in [-0.4, -0.2) is 17.5 Å². The molecule has 3 aromatic carbocycles. The van der Waals surface area contributed by atoms with Crippen molar-refractivity contribution >= 4 is 29.2 Å². The van der Waals surface area contributed by atoms with Gasteiger partial charge in [0.2, 0.25) is 5.91 Å². The summed E-state index contributed by atoms with van der Waals surface area (Å²) in [6, 6.07) is 20.6. The van der Waals surface area contributed by atoms with E-state index < -0.39 is 5.91 Å². The summed E-state index contributed by atoms with van der Waals surface area (Å²) in [4.78, 5) is 37.9. The van der Waals surface area contributed by atoms with Crippen LogP contribution in [0, 0.1) is 11.3 Å². The first kappa shape index (κ1) is 18.1. The van der Waals surface area contributed by atoms with E-state index in [0.717, 1.165) is 5.56 Å². The van der Waals surface area contributed by atoms with E-state index in [4.69, 9.17) is 0 Å². The van der Waals surface area contributed by atoms with Gasteiger partial charge < -0.3 is 5.32 Å². The molecule has 0 bridgehead atoms. The van der Waals surface area contributed by atoms with Crippen LogP contribution in [0.1, 0.15) is 43.0 Å². The predicted molar refractivity (Wildman–Crippen MR) is 109 cm³/mol. The number of anilines is 1. The van der Waals surface area contributed by atoms with Crippen molar-refractivity contribution in [1.82, 2.24) is 0 Å². The Labute approximate surface area is 166 Å². The number of benzene rings is 3. The second-order valence-electron chi connectivity index (χ2n) is 6.49. The molecule has 1 aliphatic rings. The first-order valence-electron chi connectivity index (χ1n) is 8.89. The van der Waals surface area contributed by atoms with Crippen molar-refractivity contribution < 1.29 is 14.4 Å². The van der Waals surface area contributed by atoms with Crippen molar-refractivity contribution in [3.05, 3.63) is 106 Å². The molecule has 5 heteroatoms. The smallest absolute Gasteiger partial charge is 0.248 e. The average molecular weight is 378 g/mol. The molecule has 138 valence electrons. The average Bonchev–Trinajstić information content (AvgIpc) is 2.76. The van der Waals surface area contributed by atoms with E-state index in [9.17, 15) is 19.6 Å². The third kappa shape index (κ3) is 3.35. The normalized spacial score (nSPS) is 12.2. The summed E-state index contributed by atoms with van der Waals surface area (Å²) in [5.41, 5.74) is 2.14. The highest BCUT2D eigenvalue weighted by Gasteiger charge is 2.30. The fraction of sp³-hybridized carbons (Fsp3) is 0. The molecule has 0 saturated carbocycles. The van der Waals surface area contributed by atoms with Crippen molar-refractivity contribution in [1.29, 1.82) is 5.26 Å². The van der Waals surface area contributed by atoms with Crippen LogP contribution >= 0.6 is 0 Å². The minimum atomic E-state index is -0.444. The zero-order valence-corrected chi connectivity index (χ0v) is 15.2. The van der Waals surface area contributed by atoms with Gasteiger partial charge in [-0.1, -0.05) is 54.6 Å². The molecule has 1 aliphatic carbocycles. The summed E-state index contributed by atoms with van der Waals surface area (Å²) in [7, 11) is 0. The lowest BCUT2D eigenvalue weighted by molar-refractivity contribution is -0.111. The second-order valence-corrected chi connectivity index (χ2v) is 6.49. The Morgan fingerprint density at radius 2 is 1.41 bits per heavy atom. The van der Waals surface area contributed by atoms with Gasteiger partial charge in [0.25, 0.3) is 0 Å². The number of fused-ring (bicyclic) bond motifs is 2. The Balaban J connectivity index is 1.68. The highest BCUT2D eigenvalue weighted by Crippen LogP contribution is 2.31. The molecule has 1 amide bonds. The molecule has 0 heterocycles. The summed E-state index contributed by atoms with van der Waals surface area (Å²) in [6.45, 7) is 0. The van der Waals surface area contributed by atoms with Gasteiger partial charge in [-0.2, -0.15) is 5.26 Å². The van der Waals surface area contributed by atoms with Crippen LogP contribution in [0.15, 0.2) is 72.8 Å². The van der Waals surface area contributed by atoms with Gasteiger partial charge >= 0.3 is 0 Å².